The molecule has 0 heterocycles. The van der Waals surface area contributed by atoms with Crippen molar-refractivity contribution >= 4 is 15.7 Å². The lowest BCUT2D eigenvalue weighted by Crippen LogP contribution is -2.37. The van der Waals surface area contributed by atoms with E-state index in [0.29, 0.717) is 11.1 Å². The van der Waals surface area contributed by atoms with Crippen LogP contribution in [0.15, 0.2) is 24.3 Å². The standard InChI is InChI=1S/C17H27NO3S/c1-5-6-7-12-18(14(2)3)17(19)16-10-8-15(9-11-16)13-22(4,20)21/h8-11,14H,5-7,12-13H2,1-4H3. The summed E-state index contributed by atoms with van der Waals surface area (Å²) in [5, 5.41) is 0. The van der Waals surface area contributed by atoms with E-state index in [-0.39, 0.29) is 17.7 Å². The van der Waals surface area contributed by atoms with Crippen LogP contribution in [0.25, 0.3) is 0 Å². The molecule has 0 radical (unpaired) electrons. The third-order valence-corrected chi connectivity index (χ3v) is 4.37. The number of carbonyl (C=O) groups excluding carboxylic acids is 1. The predicted octanol–water partition coefficient (Wildman–Crippen LogP) is 3.27. The normalized spacial score (nSPS) is 11.7. The smallest absolute Gasteiger partial charge is 0.254 e. The van der Waals surface area contributed by atoms with Gasteiger partial charge in [-0.05, 0) is 38.0 Å². The Morgan fingerprint density at radius 1 is 1.14 bits per heavy atom. The van der Waals surface area contributed by atoms with Crippen LogP contribution in [0.1, 0.15) is 56.0 Å². The van der Waals surface area contributed by atoms with Gasteiger partial charge in [0.15, 0.2) is 9.84 Å². The quantitative estimate of drug-likeness (QED) is 0.689. The van der Waals surface area contributed by atoms with Crippen LogP contribution in [0.2, 0.25) is 0 Å². The second-order valence-electron chi connectivity index (χ2n) is 6.07. The third kappa shape index (κ3) is 6.18. The Bertz CT molecular complexity index is 576. The zero-order chi connectivity index (χ0) is 16.8. The molecule has 0 N–H and O–H groups in total. The van der Waals surface area contributed by atoms with Gasteiger partial charge in [0.05, 0.1) is 5.75 Å². The minimum absolute atomic E-state index is 0.00582. The number of nitrogens with zero attached hydrogens (tertiary/aromatic N) is 1. The van der Waals surface area contributed by atoms with Gasteiger partial charge in [-0.25, -0.2) is 8.42 Å². The fourth-order valence-electron chi connectivity index (χ4n) is 2.34. The molecule has 1 aromatic rings. The van der Waals surface area contributed by atoms with E-state index in [0.717, 1.165) is 25.8 Å². The Labute approximate surface area is 134 Å². The fraction of sp³-hybridized carbons (Fsp3) is 0.588. The molecule has 0 bridgehead atoms. The monoisotopic (exact) mass is 325 g/mol. The molecule has 0 saturated heterocycles. The van der Waals surface area contributed by atoms with Gasteiger partial charge in [-0.1, -0.05) is 31.9 Å². The highest BCUT2D eigenvalue weighted by atomic mass is 32.2. The molecule has 0 fully saturated rings. The van der Waals surface area contributed by atoms with Gasteiger partial charge >= 0.3 is 0 Å². The minimum atomic E-state index is -3.05. The number of amides is 1. The van der Waals surface area contributed by atoms with E-state index in [9.17, 15) is 13.2 Å². The first-order valence-corrected chi connectivity index (χ1v) is 9.88. The Kier molecular flexibility index (Phi) is 7.07. The van der Waals surface area contributed by atoms with E-state index in [2.05, 4.69) is 6.92 Å². The van der Waals surface area contributed by atoms with E-state index in [1.807, 2.05) is 18.7 Å². The molecule has 1 rings (SSSR count). The molecule has 0 aliphatic heterocycles. The molecule has 22 heavy (non-hydrogen) atoms. The van der Waals surface area contributed by atoms with Gasteiger partial charge < -0.3 is 4.90 Å². The highest BCUT2D eigenvalue weighted by molar-refractivity contribution is 7.89. The summed E-state index contributed by atoms with van der Waals surface area (Å²) in [6.07, 6.45) is 4.46. The molecule has 0 aliphatic rings. The summed E-state index contributed by atoms with van der Waals surface area (Å²) in [7, 11) is -3.05. The molecule has 1 aromatic carbocycles. The Balaban J connectivity index is 2.81. The largest absolute Gasteiger partial charge is 0.336 e. The lowest BCUT2D eigenvalue weighted by atomic mass is 10.1. The summed E-state index contributed by atoms with van der Waals surface area (Å²) in [6, 6.07) is 7.04. The maximum Gasteiger partial charge on any atom is 0.254 e. The summed E-state index contributed by atoms with van der Waals surface area (Å²) in [6.45, 7) is 6.93. The third-order valence-electron chi connectivity index (χ3n) is 3.52. The van der Waals surface area contributed by atoms with Crippen LogP contribution in [-0.2, 0) is 15.6 Å². The number of hydrogen-bond donors (Lipinski definition) is 0. The summed E-state index contributed by atoms with van der Waals surface area (Å²) >= 11 is 0. The molecular weight excluding hydrogens is 298 g/mol. The van der Waals surface area contributed by atoms with Crippen molar-refractivity contribution in [1.82, 2.24) is 4.90 Å². The van der Waals surface area contributed by atoms with Crippen LogP contribution >= 0.6 is 0 Å². The summed E-state index contributed by atoms with van der Waals surface area (Å²) in [5.74, 6) is 0.0169. The van der Waals surface area contributed by atoms with E-state index >= 15 is 0 Å². The van der Waals surface area contributed by atoms with Gasteiger partial charge in [0.2, 0.25) is 0 Å². The SMILES string of the molecule is CCCCCN(C(=O)c1ccc(CS(C)(=O)=O)cc1)C(C)C. The van der Waals surface area contributed by atoms with Crippen molar-refractivity contribution in [2.75, 3.05) is 12.8 Å². The highest BCUT2D eigenvalue weighted by Crippen LogP contribution is 2.13. The first kappa shape index (κ1) is 18.7. The second-order valence-corrected chi connectivity index (χ2v) is 8.21. The number of carbonyl (C=O) groups is 1. The van der Waals surface area contributed by atoms with Crippen LogP contribution in [0.4, 0.5) is 0 Å². The summed E-state index contributed by atoms with van der Waals surface area (Å²) < 4.78 is 22.6. The van der Waals surface area contributed by atoms with Crippen LogP contribution in [0, 0.1) is 0 Å². The maximum absolute atomic E-state index is 12.6. The van der Waals surface area contributed by atoms with E-state index in [1.54, 1.807) is 24.3 Å². The molecule has 0 spiro atoms. The van der Waals surface area contributed by atoms with Crippen molar-refractivity contribution in [1.29, 1.82) is 0 Å². The van der Waals surface area contributed by atoms with E-state index in [1.165, 1.54) is 6.26 Å². The van der Waals surface area contributed by atoms with Crippen molar-refractivity contribution in [2.45, 2.75) is 51.8 Å². The molecule has 0 aliphatic carbocycles. The zero-order valence-electron chi connectivity index (χ0n) is 14.0. The van der Waals surface area contributed by atoms with Gasteiger partial charge in [-0.3, -0.25) is 4.79 Å². The van der Waals surface area contributed by atoms with Gasteiger partial charge in [0.1, 0.15) is 0 Å². The Hall–Kier alpha value is -1.36. The van der Waals surface area contributed by atoms with Crippen LogP contribution in [-0.4, -0.2) is 38.1 Å². The first-order chi connectivity index (χ1) is 10.2. The Morgan fingerprint density at radius 2 is 1.73 bits per heavy atom. The van der Waals surface area contributed by atoms with E-state index < -0.39 is 9.84 Å². The van der Waals surface area contributed by atoms with Crippen LogP contribution in [0.3, 0.4) is 0 Å². The Morgan fingerprint density at radius 3 is 2.18 bits per heavy atom. The minimum Gasteiger partial charge on any atom is -0.336 e. The zero-order valence-corrected chi connectivity index (χ0v) is 14.8. The van der Waals surface area contributed by atoms with Crippen LogP contribution in [0.5, 0.6) is 0 Å². The molecule has 0 saturated carbocycles. The average Bonchev–Trinajstić information content (AvgIpc) is 2.41. The van der Waals surface area contributed by atoms with Crippen molar-refractivity contribution in [2.24, 2.45) is 0 Å². The van der Waals surface area contributed by atoms with Crippen molar-refractivity contribution in [3.63, 3.8) is 0 Å². The van der Waals surface area contributed by atoms with Crippen molar-refractivity contribution in [3.05, 3.63) is 35.4 Å². The number of hydrogen-bond acceptors (Lipinski definition) is 3. The predicted molar refractivity (Wildman–Crippen MR) is 90.7 cm³/mol. The van der Waals surface area contributed by atoms with Crippen molar-refractivity contribution in [3.8, 4) is 0 Å². The summed E-state index contributed by atoms with van der Waals surface area (Å²) in [4.78, 5) is 14.5. The molecule has 124 valence electrons. The molecule has 5 heteroatoms. The first-order valence-electron chi connectivity index (χ1n) is 7.82. The number of rotatable bonds is 8. The lowest BCUT2D eigenvalue weighted by molar-refractivity contribution is 0.0702. The average molecular weight is 325 g/mol. The molecule has 4 nitrogen and oxygen atoms in total. The number of unbranched alkanes of at least 4 members (excludes halogenated alkanes) is 2. The topological polar surface area (TPSA) is 54.5 Å². The number of benzene rings is 1. The van der Waals surface area contributed by atoms with E-state index in [4.69, 9.17) is 0 Å². The lowest BCUT2D eigenvalue weighted by Gasteiger charge is -2.27. The highest BCUT2D eigenvalue weighted by Gasteiger charge is 2.18. The molecule has 0 atom stereocenters. The maximum atomic E-state index is 12.6. The van der Waals surface area contributed by atoms with Gasteiger partial charge in [0.25, 0.3) is 5.91 Å². The number of sulfone groups is 1. The fourth-order valence-corrected chi connectivity index (χ4v) is 3.14. The summed E-state index contributed by atoms with van der Waals surface area (Å²) in [5.41, 5.74) is 1.32. The molecular formula is C17H27NO3S. The molecule has 0 unspecified atom stereocenters. The van der Waals surface area contributed by atoms with Crippen molar-refractivity contribution < 1.29 is 13.2 Å². The second kappa shape index (κ2) is 8.32. The van der Waals surface area contributed by atoms with Gasteiger partial charge in [-0.15, -0.1) is 0 Å². The molecule has 0 aromatic heterocycles. The van der Waals surface area contributed by atoms with Gasteiger partial charge in [-0.2, -0.15) is 0 Å². The van der Waals surface area contributed by atoms with Gasteiger partial charge in [0, 0.05) is 24.4 Å². The van der Waals surface area contributed by atoms with Crippen LogP contribution < -0.4 is 0 Å². The molecule has 1 amide bonds.